The lowest BCUT2D eigenvalue weighted by atomic mass is 9.47. The van der Waals surface area contributed by atoms with Crippen LogP contribution in [0.5, 0.6) is 0 Å². The number of hydrogen-bond donors (Lipinski definition) is 2. The van der Waals surface area contributed by atoms with Crippen molar-refractivity contribution in [3.63, 3.8) is 0 Å². The van der Waals surface area contributed by atoms with Crippen molar-refractivity contribution in [1.82, 2.24) is 4.90 Å². The van der Waals surface area contributed by atoms with Crippen LogP contribution in [0.4, 0.5) is 4.79 Å². The Balaban J connectivity index is 0.00000337. The van der Waals surface area contributed by atoms with Crippen molar-refractivity contribution in [2.75, 3.05) is 26.2 Å². The Morgan fingerprint density at radius 1 is 0.955 bits per heavy atom. The second-order valence-electron chi connectivity index (χ2n) is 15.8. The van der Waals surface area contributed by atoms with E-state index in [0.717, 1.165) is 80.0 Å². The number of ether oxygens (including phenoxy) is 1. The molecule has 1 amide bonds. The molecule has 0 aromatic rings. The van der Waals surface area contributed by atoms with Gasteiger partial charge in [0.25, 0.3) is 0 Å². The van der Waals surface area contributed by atoms with Crippen molar-refractivity contribution in [3.05, 3.63) is 11.6 Å². The maximum absolute atomic E-state index is 13.2. The van der Waals surface area contributed by atoms with E-state index in [0.29, 0.717) is 31.6 Å². The van der Waals surface area contributed by atoms with E-state index in [9.17, 15) is 4.79 Å². The third-order valence-corrected chi connectivity index (χ3v) is 13.3. The fraction of sp³-hybridized carbons (Fsp3) is 0.919. The summed E-state index contributed by atoms with van der Waals surface area (Å²) in [6.07, 6.45) is 19.3. The van der Waals surface area contributed by atoms with Crippen LogP contribution in [-0.2, 0) is 4.74 Å². The number of rotatable bonds is 14. The van der Waals surface area contributed by atoms with E-state index < -0.39 is 0 Å². The van der Waals surface area contributed by atoms with Crippen LogP contribution in [0.1, 0.15) is 131 Å². The van der Waals surface area contributed by atoms with Gasteiger partial charge in [-0.25, -0.2) is 4.79 Å². The predicted molar refractivity (Wildman–Crippen MR) is 191 cm³/mol. The summed E-state index contributed by atoms with van der Waals surface area (Å²) >= 11 is 0. The Hall–Kier alpha value is -0.490. The zero-order valence-electron chi connectivity index (χ0n) is 29.2. The number of nitrogens with zero attached hydrogens (tertiary/aromatic N) is 1. The zero-order chi connectivity index (χ0) is 30.5. The molecule has 0 aromatic heterocycles. The van der Waals surface area contributed by atoms with Gasteiger partial charge in [-0.2, -0.15) is 0 Å². The minimum atomic E-state index is -0.151. The number of nitrogens with two attached hydrogens (primary N) is 2. The lowest BCUT2D eigenvalue weighted by Crippen LogP contribution is -2.51. The molecule has 3 saturated carbocycles. The van der Waals surface area contributed by atoms with Gasteiger partial charge in [0.2, 0.25) is 0 Å². The van der Waals surface area contributed by atoms with Crippen LogP contribution in [-0.4, -0.2) is 43.3 Å². The fourth-order valence-corrected chi connectivity index (χ4v) is 10.6. The van der Waals surface area contributed by atoms with Gasteiger partial charge in [-0.1, -0.05) is 66.0 Å². The van der Waals surface area contributed by atoms with Gasteiger partial charge in [0.05, 0.1) is 0 Å². The standard InChI is InChI=1S/C37H67N3O2.2ClH/c1-7-28(26(2)3)12-11-27(4)32-15-16-33-31-14-13-29-25-30(17-19-36(29,5)34(31)18-20-37(32,33)6)42-35(41)40(24-10-22-39)23-9-8-21-38;;/h13,26-28,30-34H,7-12,14-25,38-39H2,1-6H3;2*1H/t27-,28-,30+,31+,32-,33+,34+,36+,37-;;/m1../s1. The van der Waals surface area contributed by atoms with Crippen LogP contribution in [0, 0.1) is 52.3 Å². The van der Waals surface area contributed by atoms with Crippen LogP contribution in [0.2, 0.25) is 0 Å². The summed E-state index contributed by atoms with van der Waals surface area (Å²) in [5, 5.41) is 0. The third kappa shape index (κ3) is 8.50. The average Bonchev–Trinajstić information content (AvgIpc) is 3.32. The van der Waals surface area contributed by atoms with Gasteiger partial charge >= 0.3 is 6.09 Å². The first-order valence-electron chi connectivity index (χ1n) is 18.1. The third-order valence-electron chi connectivity index (χ3n) is 13.3. The number of halogens is 2. The van der Waals surface area contributed by atoms with E-state index >= 15 is 0 Å². The summed E-state index contributed by atoms with van der Waals surface area (Å²) < 4.78 is 6.17. The van der Waals surface area contributed by atoms with Crippen molar-refractivity contribution in [3.8, 4) is 0 Å². The molecule has 7 heteroatoms. The Bertz CT molecular complexity index is 915. The first-order chi connectivity index (χ1) is 20.1. The number of hydrogen-bond acceptors (Lipinski definition) is 4. The molecule has 4 aliphatic rings. The highest BCUT2D eigenvalue weighted by Gasteiger charge is 2.59. The normalized spacial score (nSPS) is 33.9. The van der Waals surface area contributed by atoms with Crippen molar-refractivity contribution < 1.29 is 9.53 Å². The van der Waals surface area contributed by atoms with E-state index in [4.69, 9.17) is 16.2 Å². The van der Waals surface area contributed by atoms with E-state index in [-0.39, 0.29) is 42.4 Å². The number of amides is 1. The molecule has 4 rings (SSSR count). The molecule has 0 aliphatic heterocycles. The molecule has 0 saturated heterocycles. The molecule has 0 aromatic carbocycles. The largest absolute Gasteiger partial charge is 0.446 e. The Kier molecular flexibility index (Phi) is 15.9. The Labute approximate surface area is 283 Å². The van der Waals surface area contributed by atoms with Crippen LogP contribution in [0.3, 0.4) is 0 Å². The molecule has 9 atom stereocenters. The fourth-order valence-electron chi connectivity index (χ4n) is 10.6. The molecule has 0 heterocycles. The zero-order valence-corrected chi connectivity index (χ0v) is 30.8. The second-order valence-corrected chi connectivity index (χ2v) is 15.8. The predicted octanol–water partition coefficient (Wildman–Crippen LogP) is 9.40. The maximum atomic E-state index is 13.2. The van der Waals surface area contributed by atoms with Gasteiger partial charge in [-0.05, 0) is 136 Å². The molecule has 4 N–H and O–H groups in total. The van der Waals surface area contributed by atoms with E-state index in [1.54, 1.807) is 5.57 Å². The van der Waals surface area contributed by atoms with Crippen molar-refractivity contribution in [2.45, 2.75) is 138 Å². The quantitative estimate of drug-likeness (QED) is 0.144. The van der Waals surface area contributed by atoms with Crippen LogP contribution >= 0.6 is 24.8 Å². The lowest BCUT2D eigenvalue weighted by Gasteiger charge is -2.58. The molecule has 4 aliphatic carbocycles. The number of carbonyl (C=O) groups is 1. The number of fused-ring (bicyclic) bond motifs is 5. The average molecular weight is 659 g/mol. The molecular formula is C37H69Cl2N3O2. The highest BCUT2D eigenvalue weighted by Crippen LogP contribution is 2.67. The van der Waals surface area contributed by atoms with Crippen molar-refractivity contribution in [1.29, 1.82) is 0 Å². The van der Waals surface area contributed by atoms with Gasteiger partial charge in [0, 0.05) is 19.5 Å². The highest BCUT2D eigenvalue weighted by atomic mass is 35.5. The summed E-state index contributed by atoms with van der Waals surface area (Å²) in [4.78, 5) is 15.0. The number of unbranched alkanes of at least 4 members (excludes halogenated alkanes) is 1. The first-order valence-corrected chi connectivity index (χ1v) is 18.1. The SMILES string of the molecule is CC[C@H](CC[C@@H](C)[C@H]1CC[C@H]2[C@@H]3CC=C4C[C@@H](OC(=O)N(CCCN)CCCCN)CC[C@]4(C)[C@H]3CC[C@]12C)C(C)C.Cl.Cl. The summed E-state index contributed by atoms with van der Waals surface area (Å²) in [6.45, 7) is 17.7. The van der Waals surface area contributed by atoms with Crippen LogP contribution < -0.4 is 11.5 Å². The van der Waals surface area contributed by atoms with Gasteiger partial charge in [-0.3, -0.25) is 0 Å². The number of allylic oxidation sites excluding steroid dienone is 1. The molecule has 0 bridgehead atoms. The number of carbonyl (C=O) groups excluding carboxylic acids is 1. The lowest BCUT2D eigenvalue weighted by molar-refractivity contribution is -0.0595. The summed E-state index contributed by atoms with van der Waals surface area (Å²) in [5.41, 5.74) is 13.8. The smallest absolute Gasteiger partial charge is 0.410 e. The highest BCUT2D eigenvalue weighted by molar-refractivity contribution is 5.85. The van der Waals surface area contributed by atoms with Crippen LogP contribution in [0.25, 0.3) is 0 Å². The minimum Gasteiger partial charge on any atom is -0.446 e. The second kappa shape index (κ2) is 17.6. The molecule has 44 heavy (non-hydrogen) atoms. The van der Waals surface area contributed by atoms with E-state index in [1.807, 2.05) is 4.90 Å². The van der Waals surface area contributed by atoms with Gasteiger partial charge in [-0.15, -0.1) is 24.8 Å². The summed E-state index contributed by atoms with van der Waals surface area (Å²) in [5.74, 6) is 5.95. The topological polar surface area (TPSA) is 81.6 Å². The summed E-state index contributed by atoms with van der Waals surface area (Å²) in [6, 6.07) is 0. The monoisotopic (exact) mass is 657 g/mol. The Morgan fingerprint density at radius 2 is 1.66 bits per heavy atom. The van der Waals surface area contributed by atoms with E-state index in [1.165, 1.54) is 51.4 Å². The molecule has 0 radical (unpaired) electrons. The minimum absolute atomic E-state index is 0. The summed E-state index contributed by atoms with van der Waals surface area (Å²) in [7, 11) is 0. The molecule has 0 spiro atoms. The van der Waals surface area contributed by atoms with Gasteiger partial charge in [0.15, 0.2) is 0 Å². The van der Waals surface area contributed by atoms with E-state index in [2.05, 4.69) is 47.6 Å². The van der Waals surface area contributed by atoms with Crippen molar-refractivity contribution in [2.24, 2.45) is 63.7 Å². The van der Waals surface area contributed by atoms with Crippen LogP contribution in [0.15, 0.2) is 11.6 Å². The molecule has 3 fully saturated rings. The molecule has 5 nitrogen and oxygen atoms in total. The van der Waals surface area contributed by atoms with Crippen molar-refractivity contribution >= 4 is 30.9 Å². The molecular weight excluding hydrogens is 589 g/mol. The van der Waals surface area contributed by atoms with Gasteiger partial charge in [0.1, 0.15) is 6.10 Å². The first kappa shape index (κ1) is 39.7. The maximum Gasteiger partial charge on any atom is 0.410 e. The Morgan fingerprint density at radius 3 is 2.32 bits per heavy atom. The molecule has 0 unspecified atom stereocenters. The van der Waals surface area contributed by atoms with Gasteiger partial charge < -0.3 is 21.1 Å². The molecule has 258 valence electrons.